The molecule has 0 spiro atoms. The predicted octanol–water partition coefficient (Wildman–Crippen LogP) is 3.87. The average Bonchev–Trinajstić information content (AvgIpc) is 3.29. The summed E-state index contributed by atoms with van der Waals surface area (Å²) in [5.74, 6) is -4.73. The SMILES string of the molecule is [B]C(O)(O)Oc1cccc(C2C(NC(=O)C(=C)/C=C\C=C)CCN2C(=O)Cc2ncc(C(F)(F)F)cc2C(F)(F)F)c1C. The molecule has 1 fully saturated rings. The molecule has 1 aromatic heterocycles. The number of rotatable bonds is 9. The van der Waals surface area contributed by atoms with Crippen LogP contribution in [-0.2, 0) is 28.4 Å². The van der Waals surface area contributed by atoms with Gasteiger partial charge in [0.1, 0.15) is 5.75 Å². The highest BCUT2D eigenvalue weighted by atomic mass is 19.4. The third kappa shape index (κ3) is 8.26. The van der Waals surface area contributed by atoms with Gasteiger partial charge in [-0.1, -0.05) is 43.5 Å². The van der Waals surface area contributed by atoms with E-state index >= 15 is 0 Å². The number of carbonyl (C=O) groups is 2. The van der Waals surface area contributed by atoms with Gasteiger partial charge in [0.15, 0.2) is 0 Å². The van der Waals surface area contributed by atoms with E-state index in [4.69, 9.17) is 12.6 Å². The Morgan fingerprint density at radius 2 is 1.88 bits per heavy atom. The van der Waals surface area contributed by atoms with Crippen molar-refractivity contribution in [3.05, 3.63) is 95.4 Å². The Labute approximate surface area is 243 Å². The van der Waals surface area contributed by atoms with Crippen molar-refractivity contribution in [1.29, 1.82) is 0 Å². The third-order valence-corrected chi connectivity index (χ3v) is 6.59. The van der Waals surface area contributed by atoms with Crippen molar-refractivity contribution in [3.8, 4) is 5.75 Å². The van der Waals surface area contributed by atoms with E-state index in [2.05, 4.69) is 23.5 Å². The summed E-state index contributed by atoms with van der Waals surface area (Å²) < 4.78 is 85.4. The van der Waals surface area contributed by atoms with E-state index < -0.39 is 65.4 Å². The molecule has 2 atom stereocenters. The van der Waals surface area contributed by atoms with E-state index in [1.54, 1.807) is 0 Å². The van der Waals surface area contributed by atoms with Crippen molar-refractivity contribution >= 4 is 19.7 Å². The minimum atomic E-state index is -5.24. The van der Waals surface area contributed by atoms with E-state index in [1.807, 2.05) is 0 Å². The summed E-state index contributed by atoms with van der Waals surface area (Å²) in [5, 5.41) is 21.8. The fraction of sp³-hybridized carbons (Fsp3) is 0.321. The maximum Gasteiger partial charge on any atom is 0.418 e. The fourth-order valence-corrected chi connectivity index (χ4v) is 4.63. The van der Waals surface area contributed by atoms with Crippen molar-refractivity contribution in [1.82, 2.24) is 15.2 Å². The summed E-state index contributed by atoms with van der Waals surface area (Å²) in [7, 11) is 5.13. The van der Waals surface area contributed by atoms with Gasteiger partial charge in [-0.05, 0) is 36.6 Å². The summed E-state index contributed by atoms with van der Waals surface area (Å²) in [6.45, 7) is 8.57. The number of alkyl halides is 6. The van der Waals surface area contributed by atoms with Gasteiger partial charge in [0.25, 0.3) is 11.8 Å². The van der Waals surface area contributed by atoms with Crippen LogP contribution in [-0.4, -0.2) is 58.2 Å². The zero-order valence-electron chi connectivity index (χ0n) is 22.7. The number of amides is 2. The Balaban J connectivity index is 2.04. The van der Waals surface area contributed by atoms with Gasteiger partial charge in [0, 0.05) is 18.3 Å². The summed E-state index contributed by atoms with van der Waals surface area (Å²) in [6, 6.07) is 2.32. The van der Waals surface area contributed by atoms with E-state index in [0.29, 0.717) is 5.56 Å². The molecule has 15 heteroatoms. The number of nitrogens with one attached hydrogen (secondary N) is 1. The molecule has 8 nitrogen and oxygen atoms in total. The van der Waals surface area contributed by atoms with Gasteiger partial charge in [0.05, 0.1) is 35.3 Å². The fourth-order valence-electron chi connectivity index (χ4n) is 4.63. The van der Waals surface area contributed by atoms with Crippen LogP contribution in [0.1, 0.15) is 40.4 Å². The van der Waals surface area contributed by atoms with Crippen LogP contribution in [0.2, 0.25) is 0 Å². The molecule has 1 aliphatic heterocycles. The minimum absolute atomic E-state index is 0.0366. The monoisotopic (exact) mass is 609 g/mol. The van der Waals surface area contributed by atoms with Crippen LogP contribution in [0, 0.1) is 6.92 Å². The van der Waals surface area contributed by atoms with Crippen LogP contribution < -0.4 is 10.1 Å². The topological polar surface area (TPSA) is 112 Å². The zero-order chi connectivity index (χ0) is 32.3. The van der Waals surface area contributed by atoms with Crippen LogP contribution in [0.25, 0.3) is 0 Å². The molecule has 0 bridgehead atoms. The molecule has 3 N–H and O–H groups in total. The van der Waals surface area contributed by atoms with Crippen molar-refractivity contribution < 1.29 is 50.9 Å². The molecule has 43 heavy (non-hydrogen) atoms. The van der Waals surface area contributed by atoms with Crippen molar-refractivity contribution in [3.63, 3.8) is 0 Å². The maximum absolute atomic E-state index is 13.7. The Kier molecular flexibility index (Phi) is 9.81. The lowest BCUT2D eigenvalue weighted by Crippen LogP contribution is -2.42. The lowest BCUT2D eigenvalue weighted by Gasteiger charge is -2.31. The van der Waals surface area contributed by atoms with Crippen LogP contribution in [0.3, 0.4) is 0 Å². The molecule has 0 aliphatic carbocycles. The molecule has 2 heterocycles. The van der Waals surface area contributed by atoms with Crippen molar-refractivity contribution in [2.24, 2.45) is 0 Å². The normalized spacial score (nSPS) is 17.7. The van der Waals surface area contributed by atoms with Gasteiger partial charge in [-0.25, -0.2) is 0 Å². The largest absolute Gasteiger partial charge is 0.449 e. The Hall–Kier alpha value is -4.11. The number of likely N-dealkylation sites (tertiary alicyclic amines) is 1. The second-order valence-corrected chi connectivity index (χ2v) is 9.64. The lowest BCUT2D eigenvalue weighted by atomic mass is 9.94. The minimum Gasteiger partial charge on any atom is -0.449 e. The first-order valence-electron chi connectivity index (χ1n) is 12.6. The molecule has 1 aliphatic rings. The van der Waals surface area contributed by atoms with E-state index in [0.717, 1.165) is 4.90 Å². The second kappa shape index (κ2) is 12.6. The number of pyridine rings is 1. The number of hydrogen-bond acceptors (Lipinski definition) is 6. The van der Waals surface area contributed by atoms with Crippen LogP contribution in [0.15, 0.2) is 67.4 Å². The van der Waals surface area contributed by atoms with Gasteiger partial charge < -0.3 is 25.2 Å². The molecule has 2 aromatic rings. The number of allylic oxidation sites excluding steroid dienone is 2. The molecule has 228 valence electrons. The summed E-state index contributed by atoms with van der Waals surface area (Å²) in [4.78, 5) is 30.8. The zero-order valence-corrected chi connectivity index (χ0v) is 22.7. The average molecular weight is 609 g/mol. The number of aliphatic hydroxyl groups is 2. The number of halogens is 6. The maximum atomic E-state index is 13.7. The molecule has 3 rings (SSSR count). The van der Waals surface area contributed by atoms with Crippen LogP contribution in [0.5, 0.6) is 5.75 Å². The molecule has 2 amide bonds. The number of hydrogen-bond donors (Lipinski definition) is 3. The second-order valence-electron chi connectivity index (χ2n) is 9.64. The number of nitrogens with zero attached hydrogens (tertiary/aromatic N) is 2. The first-order chi connectivity index (χ1) is 19.8. The molecule has 2 unspecified atom stereocenters. The highest BCUT2D eigenvalue weighted by Crippen LogP contribution is 2.40. The molecule has 2 radical (unpaired) electrons. The predicted molar refractivity (Wildman–Crippen MR) is 142 cm³/mol. The molecule has 1 aromatic carbocycles. The van der Waals surface area contributed by atoms with Crippen molar-refractivity contribution in [2.45, 2.75) is 50.1 Å². The molecular formula is C28H26BF6N3O5. The third-order valence-electron chi connectivity index (χ3n) is 6.59. The molecule has 0 saturated carbocycles. The Morgan fingerprint density at radius 3 is 2.47 bits per heavy atom. The summed E-state index contributed by atoms with van der Waals surface area (Å²) in [6.07, 6.45) is -6.74. The molecule has 1 saturated heterocycles. The number of ether oxygens (including phenoxy) is 1. The highest BCUT2D eigenvalue weighted by Gasteiger charge is 2.43. The number of aromatic nitrogens is 1. The van der Waals surface area contributed by atoms with Gasteiger partial charge in [0.2, 0.25) is 13.8 Å². The lowest BCUT2D eigenvalue weighted by molar-refractivity contribution is -0.223. The van der Waals surface area contributed by atoms with E-state index in [1.165, 1.54) is 43.4 Å². The first-order valence-corrected chi connectivity index (χ1v) is 12.6. The van der Waals surface area contributed by atoms with Gasteiger partial charge in [-0.15, -0.1) is 0 Å². The van der Waals surface area contributed by atoms with Gasteiger partial charge >= 0.3 is 12.4 Å². The summed E-state index contributed by atoms with van der Waals surface area (Å²) >= 11 is 0. The van der Waals surface area contributed by atoms with Crippen LogP contribution >= 0.6 is 0 Å². The first kappa shape index (κ1) is 33.4. The van der Waals surface area contributed by atoms with E-state index in [9.17, 15) is 46.1 Å². The quantitative estimate of drug-likeness (QED) is 0.131. The smallest absolute Gasteiger partial charge is 0.418 e. The summed E-state index contributed by atoms with van der Waals surface area (Å²) in [5.41, 5.74) is -3.66. The number of carbonyl (C=O) groups excluding carboxylic acids is 2. The highest BCUT2D eigenvalue weighted by molar-refractivity contribution is 6.12. The van der Waals surface area contributed by atoms with Crippen molar-refractivity contribution in [2.75, 3.05) is 6.54 Å². The molecular weight excluding hydrogens is 583 g/mol. The van der Waals surface area contributed by atoms with Crippen LogP contribution in [0.4, 0.5) is 26.3 Å². The number of benzene rings is 1. The van der Waals surface area contributed by atoms with E-state index in [-0.39, 0.29) is 42.1 Å². The Bertz CT molecular complexity index is 1440. The Morgan fingerprint density at radius 1 is 1.21 bits per heavy atom. The van der Waals surface area contributed by atoms with Gasteiger partial charge in [-0.2, -0.15) is 26.3 Å². The standard InChI is InChI=1S/C28H26BF6N3O5/c1-4-5-7-15(2)25(40)37-20-10-11-38(24(20)18-8-6-9-22(16(18)3)43-28(29,41)42)23(39)13-21-19(27(33,34)35)12-17(14-36-21)26(30,31)32/h4-9,12,14,20,24,41-42H,1-2,10-11,13H2,3H3,(H,37,40)/b7-5-. The van der Waals surface area contributed by atoms with Gasteiger partial charge in [-0.3, -0.25) is 14.6 Å².